The van der Waals surface area contributed by atoms with Crippen molar-refractivity contribution < 1.29 is 15.0 Å². The molecule has 2 heterocycles. The number of fused-ring (bicyclic) bond motifs is 1. The van der Waals surface area contributed by atoms with Crippen LogP contribution in [0.2, 0.25) is 5.02 Å². The average molecular weight is 338 g/mol. The normalized spacial score (nSPS) is 12.5. The average Bonchev–Trinajstić information content (AvgIpc) is 3.12. The van der Waals surface area contributed by atoms with Gasteiger partial charge in [0.05, 0.1) is 11.5 Å². The van der Waals surface area contributed by atoms with E-state index in [0.717, 1.165) is 22.2 Å². The summed E-state index contributed by atoms with van der Waals surface area (Å²) in [5.74, 6) is -0.341. The van der Waals surface area contributed by atoms with Gasteiger partial charge in [-0.1, -0.05) is 22.9 Å². The third-order valence-electron chi connectivity index (χ3n) is 3.07. The Kier molecular flexibility index (Phi) is 4.12. The highest BCUT2D eigenvalue weighted by Gasteiger charge is 2.14. The van der Waals surface area contributed by atoms with Crippen LogP contribution in [0, 0.1) is 0 Å². The topological polar surface area (TPSA) is 98.2 Å². The zero-order valence-electron chi connectivity index (χ0n) is 11.2. The van der Waals surface area contributed by atoms with E-state index in [1.165, 1.54) is 6.20 Å². The Morgan fingerprint density at radius 1 is 1.45 bits per heavy atom. The summed E-state index contributed by atoms with van der Waals surface area (Å²) in [4.78, 5) is 19.7. The molecule has 3 aromatic rings. The number of carbonyl (C=O) groups excluding carboxylic acids is 1. The molecule has 0 bridgehead atoms. The van der Waals surface area contributed by atoms with E-state index in [1.54, 1.807) is 24.3 Å². The van der Waals surface area contributed by atoms with Crippen molar-refractivity contribution in [3.05, 3.63) is 46.1 Å². The Labute approximate surface area is 134 Å². The van der Waals surface area contributed by atoms with Crippen LogP contribution in [0.15, 0.2) is 30.5 Å². The molecule has 8 heteroatoms. The number of amides is 1. The number of anilines is 1. The second-order valence-electron chi connectivity index (χ2n) is 4.63. The van der Waals surface area contributed by atoms with E-state index in [9.17, 15) is 9.90 Å². The second kappa shape index (κ2) is 6.05. The first-order chi connectivity index (χ1) is 10.6. The predicted molar refractivity (Wildman–Crippen MR) is 85.4 cm³/mol. The number of aromatic nitrogens is 2. The van der Waals surface area contributed by atoms with Crippen molar-refractivity contribution >= 4 is 44.9 Å². The second-order valence-corrected chi connectivity index (χ2v) is 6.13. The van der Waals surface area contributed by atoms with Gasteiger partial charge in [0.15, 0.2) is 5.13 Å². The Bertz CT molecular complexity index is 830. The summed E-state index contributed by atoms with van der Waals surface area (Å²) < 4.78 is 0. The van der Waals surface area contributed by atoms with Crippen molar-refractivity contribution in [2.45, 2.75) is 6.10 Å². The molecule has 4 N–H and O–H groups in total. The smallest absolute Gasteiger partial charge is 0.273 e. The van der Waals surface area contributed by atoms with E-state index in [1.807, 2.05) is 0 Å². The van der Waals surface area contributed by atoms with Gasteiger partial charge in [-0.25, -0.2) is 4.98 Å². The molecule has 0 fully saturated rings. The van der Waals surface area contributed by atoms with Gasteiger partial charge < -0.3 is 15.2 Å². The molecule has 0 aliphatic rings. The van der Waals surface area contributed by atoms with Crippen LogP contribution in [0.1, 0.15) is 21.5 Å². The molecule has 0 saturated carbocycles. The van der Waals surface area contributed by atoms with Crippen LogP contribution in [0.4, 0.5) is 5.13 Å². The number of hydrogen-bond acceptors (Lipinski definition) is 5. The zero-order chi connectivity index (χ0) is 15.7. The van der Waals surface area contributed by atoms with Crippen LogP contribution in [0.3, 0.4) is 0 Å². The monoisotopic (exact) mass is 337 g/mol. The maximum absolute atomic E-state index is 12.2. The van der Waals surface area contributed by atoms with Gasteiger partial charge >= 0.3 is 0 Å². The largest absolute Gasteiger partial charge is 0.393 e. The lowest BCUT2D eigenvalue weighted by molar-refractivity contribution is 0.0982. The molecule has 1 unspecified atom stereocenters. The summed E-state index contributed by atoms with van der Waals surface area (Å²) in [5, 5.41) is 22.8. The first-order valence-corrected chi connectivity index (χ1v) is 7.60. The number of hydrogen-bond donors (Lipinski definition) is 4. The highest BCUT2D eigenvalue weighted by atomic mass is 35.5. The third kappa shape index (κ3) is 2.97. The van der Waals surface area contributed by atoms with Crippen molar-refractivity contribution in [3.8, 4) is 0 Å². The molecule has 1 aromatic carbocycles. The van der Waals surface area contributed by atoms with Gasteiger partial charge in [-0.15, -0.1) is 0 Å². The van der Waals surface area contributed by atoms with Gasteiger partial charge in [0, 0.05) is 22.1 Å². The van der Waals surface area contributed by atoms with E-state index < -0.39 is 12.7 Å². The molecule has 0 saturated heterocycles. The Balaban J connectivity index is 1.79. The summed E-state index contributed by atoms with van der Waals surface area (Å²) in [5.41, 5.74) is 1.20. The van der Waals surface area contributed by atoms with Crippen molar-refractivity contribution in [2.24, 2.45) is 0 Å². The number of halogens is 1. The molecule has 0 radical (unpaired) electrons. The highest BCUT2D eigenvalue weighted by molar-refractivity contribution is 7.15. The van der Waals surface area contributed by atoms with Crippen LogP contribution in [0.5, 0.6) is 0 Å². The van der Waals surface area contributed by atoms with Gasteiger partial charge in [-0.3, -0.25) is 10.1 Å². The van der Waals surface area contributed by atoms with Crippen LogP contribution >= 0.6 is 22.9 Å². The fraction of sp³-hybridized carbons (Fsp3) is 0.143. The fourth-order valence-electron chi connectivity index (χ4n) is 1.98. The first kappa shape index (κ1) is 15.0. The molecule has 1 amide bonds. The minimum Gasteiger partial charge on any atom is -0.393 e. The number of benzene rings is 1. The molecule has 0 aliphatic heterocycles. The molecule has 3 rings (SSSR count). The lowest BCUT2D eigenvalue weighted by Crippen LogP contribution is -2.11. The maximum Gasteiger partial charge on any atom is 0.273 e. The molecule has 114 valence electrons. The molecule has 0 spiro atoms. The summed E-state index contributed by atoms with van der Waals surface area (Å²) in [6.45, 7) is -0.391. The molecule has 1 atom stereocenters. The quantitative estimate of drug-likeness (QED) is 0.588. The van der Waals surface area contributed by atoms with E-state index in [4.69, 9.17) is 16.7 Å². The van der Waals surface area contributed by atoms with Gasteiger partial charge in [0.1, 0.15) is 11.8 Å². The molecular weight excluding hydrogens is 326 g/mol. The minimum absolute atomic E-state index is 0.341. The summed E-state index contributed by atoms with van der Waals surface area (Å²) >= 11 is 7.03. The van der Waals surface area contributed by atoms with Crippen LogP contribution in [0.25, 0.3) is 10.9 Å². The number of H-pyrrole nitrogens is 1. The van der Waals surface area contributed by atoms with Gasteiger partial charge in [0.2, 0.25) is 0 Å². The third-order valence-corrected chi connectivity index (χ3v) is 4.32. The number of thiazole rings is 1. The lowest BCUT2D eigenvalue weighted by atomic mass is 10.2. The van der Waals surface area contributed by atoms with E-state index in [0.29, 0.717) is 20.7 Å². The number of rotatable bonds is 4. The zero-order valence-corrected chi connectivity index (χ0v) is 12.8. The molecular formula is C14H12ClN3O3S. The number of aromatic amines is 1. The maximum atomic E-state index is 12.2. The van der Waals surface area contributed by atoms with Crippen LogP contribution < -0.4 is 5.32 Å². The van der Waals surface area contributed by atoms with E-state index >= 15 is 0 Å². The first-order valence-electron chi connectivity index (χ1n) is 6.41. The van der Waals surface area contributed by atoms with Crippen molar-refractivity contribution in [1.82, 2.24) is 9.97 Å². The molecule has 0 aliphatic carbocycles. The SMILES string of the molecule is O=C(Nc1ncc(C(O)CO)s1)c1cc2cc(Cl)ccc2[nH]1. The lowest BCUT2D eigenvalue weighted by Gasteiger charge is -2.01. The van der Waals surface area contributed by atoms with Gasteiger partial charge in [-0.2, -0.15) is 0 Å². The van der Waals surface area contributed by atoms with Crippen LogP contribution in [-0.4, -0.2) is 32.7 Å². The summed E-state index contributed by atoms with van der Waals surface area (Å²) in [6, 6.07) is 7.01. The van der Waals surface area contributed by atoms with E-state index in [2.05, 4.69) is 15.3 Å². The van der Waals surface area contributed by atoms with E-state index in [-0.39, 0.29) is 5.91 Å². The predicted octanol–water partition coefficient (Wildman–Crippen LogP) is 2.56. The number of nitrogens with zero attached hydrogens (tertiary/aromatic N) is 1. The molecule has 6 nitrogen and oxygen atoms in total. The number of aliphatic hydroxyl groups excluding tert-OH is 2. The number of nitrogens with one attached hydrogen (secondary N) is 2. The Hall–Kier alpha value is -1.93. The minimum atomic E-state index is -0.988. The molecule has 22 heavy (non-hydrogen) atoms. The Morgan fingerprint density at radius 3 is 3.05 bits per heavy atom. The van der Waals surface area contributed by atoms with Crippen molar-refractivity contribution in [2.75, 3.05) is 11.9 Å². The van der Waals surface area contributed by atoms with Crippen molar-refractivity contribution in [3.63, 3.8) is 0 Å². The Morgan fingerprint density at radius 2 is 2.27 bits per heavy atom. The van der Waals surface area contributed by atoms with Gasteiger partial charge in [-0.05, 0) is 24.3 Å². The van der Waals surface area contributed by atoms with Crippen LogP contribution in [-0.2, 0) is 0 Å². The number of carbonyl (C=O) groups is 1. The summed E-state index contributed by atoms with van der Waals surface area (Å²) in [7, 11) is 0. The summed E-state index contributed by atoms with van der Waals surface area (Å²) in [6.07, 6.45) is 0.435. The van der Waals surface area contributed by atoms with Gasteiger partial charge in [0.25, 0.3) is 5.91 Å². The fourth-order valence-corrected chi connectivity index (χ4v) is 2.95. The molecule has 2 aromatic heterocycles. The highest BCUT2D eigenvalue weighted by Crippen LogP contribution is 2.25. The van der Waals surface area contributed by atoms with Crippen molar-refractivity contribution in [1.29, 1.82) is 0 Å². The number of aliphatic hydroxyl groups is 2. The standard InChI is InChI=1S/C14H12ClN3O3S/c15-8-1-2-9-7(3-8)4-10(17-9)13(21)18-14-16-5-12(22-14)11(20)6-19/h1-5,11,17,19-20H,6H2,(H,16,18,21).